The van der Waals surface area contributed by atoms with Crippen LogP contribution in [-0.4, -0.2) is 16.7 Å². The van der Waals surface area contributed by atoms with E-state index in [1.165, 1.54) is 6.07 Å². The molecular formula is C15H11BrClFN2O. The largest absolute Gasteiger partial charge is 0.497 e. The highest BCUT2D eigenvalue weighted by atomic mass is 79.9. The van der Waals surface area contributed by atoms with Crippen molar-refractivity contribution in [3.8, 4) is 11.4 Å². The molecule has 21 heavy (non-hydrogen) atoms. The number of ether oxygens (including phenoxy) is 1. The summed E-state index contributed by atoms with van der Waals surface area (Å²) < 4.78 is 21.9. The molecule has 0 N–H and O–H groups in total. The van der Waals surface area contributed by atoms with Gasteiger partial charge in [-0.1, -0.05) is 15.9 Å². The maximum Gasteiger partial charge on any atom is 0.147 e. The van der Waals surface area contributed by atoms with E-state index in [0.29, 0.717) is 17.3 Å². The molecule has 1 heterocycles. The summed E-state index contributed by atoms with van der Waals surface area (Å²) in [5, 5.41) is 0. The van der Waals surface area contributed by atoms with Gasteiger partial charge in [0.15, 0.2) is 0 Å². The lowest BCUT2D eigenvalue weighted by Crippen LogP contribution is -2.02. The summed E-state index contributed by atoms with van der Waals surface area (Å²) in [6.07, 6.45) is 0. The van der Waals surface area contributed by atoms with E-state index in [9.17, 15) is 4.39 Å². The molecule has 3 aromatic rings. The van der Waals surface area contributed by atoms with Gasteiger partial charge in [0.1, 0.15) is 17.4 Å². The molecule has 0 atom stereocenters. The van der Waals surface area contributed by atoms with Crippen molar-refractivity contribution in [2.24, 2.45) is 0 Å². The van der Waals surface area contributed by atoms with E-state index in [1.54, 1.807) is 23.8 Å². The molecule has 3 nitrogen and oxygen atoms in total. The number of methoxy groups -OCH3 is 1. The van der Waals surface area contributed by atoms with Crippen LogP contribution in [0.5, 0.6) is 5.75 Å². The molecule has 0 radical (unpaired) electrons. The van der Waals surface area contributed by atoms with Gasteiger partial charge in [0.25, 0.3) is 0 Å². The fraction of sp³-hybridized carbons (Fsp3) is 0.133. The van der Waals surface area contributed by atoms with Gasteiger partial charge in [-0.25, -0.2) is 9.37 Å². The van der Waals surface area contributed by atoms with Crippen molar-refractivity contribution in [1.82, 2.24) is 9.55 Å². The molecule has 0 aliphatic carbocycles. The van der Waals surface area contributed by atoms with Crippen LogP contribution in [0.4, 0.5) is 4.39 Å². The number of imidazole rings is 1. The molecule has 0 saturated carbocycles. The monoisotopic (exact) mass is 368 g/mol. The zero-order valence-corrected chi connectivity index (χ0v) is 13.4. The van der Waals surface area contributed by atoms with Crippen molar-refractivity contribution >= 4 is 38.6 Å². The van der Waals surface area contributed by atoms with Gasteiger partial charge in [-0.05, 0) is 30.3 Å². The van der Waals surface area contributed by atoms with Crippen LogP contribution in [0.25, 0.3) is 16.7 Å². The second-order valence-electron chi connectivity index (χ2n) is 4.45. The smallest absolute Gasteiger partial charge is 0.147 e. The molecule has 3 rings (SSSR count). The van der Waals surface area contributed by atoms with E-state index in [1.807, 2.05) is 18.2 Å². The van der Waals surface area contributed by atoms with Crippen molar-refractivity contribution in [1.29, 1.82) is 0 Å². The zero-order chi connectivity index (χ0) is 15.0. The van der Waals surface area contributed by atoms with Crippen LogP contribution in [-0.2, 0) is 5.88 Å². The molecule has 0 fully saturated rings. The minimum absolute atomic E-state index is 0.183. The van der Waals surface area contributed by atoms with Crippen LogP contribution in [0.15, 0.2) is 40.9 Å². The predicted molar refractivity (Wildman–Crippen MR) is 84.8 cm³/mol. The van der Waals surface area contributed by atoms with Crippen LogP contribution in [0.2, 0.25) is 0 Å². The molecule has 0 spiro atoms. The van der Waals surface area contributed by atoms with Gasteiger partial charge in [-0.15, -0.1) is 11.6 Å². The van der Waals surface area contributed by atoms with E-state index < -0.39 is 0 Å². The number of halogens is 3. The third-order valence-electron chi connectivity index (χ3n) is 3.20. The lowest BCUT2D eigenvalue weighted by atomic mass is 10.2. The fourth-order valence-corrected chi connectivity index (χ4v) is 2.78. The summed E-state index contributed by atoms with van der Waals surface area (Å²) in [6, 6.07) is 10.2. The first kappa shape index (κ1) is 14.4. The highest BCUT2D eigenvalue weighted by Gasteiger charge is 2.15. The topological polar surface area (TPSA) is 27.1 Å². The van der Waals surface area contributed by atoms with Gasteiger partial charge >= 0.3 is 0 Å². The van der Waals surface area contributed by atoms with Crippen LogP contribution < -0.4 is 4.74 Å². The maximum absolute atomic E-state index is 14.2. The van der Waals surface area contributed by atoms with Gasteiger partial charge in [0.05, 0.1) is 29.7 Å². The number of rotatable bonds is 3. The molecule has 0 aliphatic heterocycles. The highest BCUT2D eigenvalue weighted by molar-refractivity contribution is 9.10. The number of hydrogen-bond donors (Lipinski definition) is 0. The second kappa shape index (κ2) is 5.66. The van der Waals surface area contributed by atoms with Crippen LogP contribution >= 0.6 is 27.5 Å². The summed E-state index contributed by atoms with van der Waals surface area (Å²) in [4.78, 5) is 4.45. The number of fused-ring (bicyclic) bond motifs is 1. The van der Waals surface area contributed by atoms with Gasteiger partial charge < -0.3 is 4.74 Å². The third kappa shape index (κ3) is 2.51. The lowest BCUT2D eigenvalue weighted by molar-refractivity contribution is 0.415. The van der Waals surface area contributed by atoms with E-state index in [-0.39, 0.29) is 11.7 Å². The molecule has 0 aliphatic rings. The Morgan fingerprint density at radius 2 is 2.10 bits per heavy atom. The Hall–Kier alpha value is -1.59. The molecular weight excluding hydrogens is 359 g/mol. The number of alkyl halides is 1. The van der Waals surface area contributed by atoms with Gasteiger partial charge in [0, 0.05) is 10.5 Å². The minimum Gasteiger partial charge on any atom is -0.497 e. The summed E-state index contributed by atoms with van der Waals surface area (Å²) in [5.74, 6) is 1.10. The average molecular weight is 370 g/mol. The maximum atomic E-state index is 14.2. The molecule has 1 aromatic heterocycles. The Morgan fingerprint density at radius 1 is 1.29 bits per heavy atom. The number of benzene rings is 2. The van der Waals surface area contributed by atoms with Crippen molar-refractivity contribution < 1.29 is 9.13 Å². The van der Waals surface area contributed by atoms with E-state index in [4.69, 9.17) is 16.3 Å². The number of aromatic nitrogens is 2. The normalized spacial score (nSPS) is 11.0. The zero-order valence-electron chi connectivity index (χ0n) is 11.1. The Bertz CT molecular complexity index is 819. The Labute approximate surface area is 134 Å². The summed E-state index contributed by atoms with van der Waals surface area (Å²) >= 11 is 9.33. The summed E-state index contributed by atoms with van der Waals surface area (Å²) in [5.41, 5.74) is 1.89. The van der Waals surface area contributed by atoms with E-state index >= 15 is 0 Å². The highest BCUT2D eigenvalue weighted by Crippen LogP contribution is 2.29. The standard InChI is InChI=1S/C15H11BrClFN2O/c1-21-10-3-5-12-14(7-10)20(15(8-17)19-12)13-6-9(16)2-4-11(13)18/h2-7H,8H2,1H3. The SMILES string of the molecule is COc1ccc2nc(CCl)n(-c3cc(Br)ccc3F)c2c1. The number of nitrogens with zero attached hydrogens (tertiary/aromatic N) is 2. The van der Waals surface area contributed by atoms with Crippen molar-refractivity contribution in [2.75, 3.05) is 7.11 Å². The Balaban J connectivity index is 2.36. The van der Waals surface area contributed by atoms with E-state index in [2.05, 4.69) is 20.9 Å². The average Bonchev–Trinajstić information content (AvgIpc) is 2.87. The molecule has 2 aromatic carbocycles. The summed E-state index contributed by atoms with van der Waals surface area (Å²) in [6.45, 7) is 0. The van der Waals surface area contributed by atoms with Gasteiger partial charge in [0.2, 0.25) is 0 Å². The van der Waals surface area contributed by atoms with Crippen LogP contribution in [0.1, 0.15) is 5.82 Å². The Kier molecular flexibility index (Phi) is 3.87. The quantitative estimate of drug-likeness (QED) is 0.627. The Morgan fingerprint density at radius 3 is 2.81 bits per heavy atom. The van der Waals surface area contributed by atoms with Crippen molar-refractivity contribution in [3.05, 3.63) is 52.5 Å². The first-order chi connectivity index (χ1) is 10.1. The second-order valence-corrected chi connectivity index (χ2v) is 5.63. The minimum atomic E-state index is -0.341. The lowest BCUT2D eigenvalue weighted by Gasteiger charge is -2.10. The van der Waals surface area contributed by atoms with Crippen molar-refractivity contribution in [2.45, 2.75) is 5.88 Å². The predicted octanol–water partition coefficient (Wildman–Crippen LogP) is 4.67. The molecule has 6 heteroatoms. The molecule has 0 saturated heterocycles. The first-order valence-corrected chi connectivity index (χ1v) is 7.53. The number of hydrogen-bond acceptors (Lipinski definition) is 2. The van der Waals surface area contributed by atoms with Crippen LogP contribution in [0.3, 0.4) is 0 Å². The molecule has 0 unspecified atom stereocenters. The first-order valence-electron chi connectivity index (χ1n) is 6.21. The molecule has 0 amide bonds. The molecule has 108 valence electrons. The van der Waals surface area contributed by atoms with Crippen molar-refractivity contribution in [3.63, 3.8) is 0 Å². The molecule has 0 bridgehead atoms. The fourth-order valence-electron chi connectivity index (χ4n) is 2.25. The summed E-state index contributed by atoms with van der Waals surface area (Å²) in [7, 11) is 1.59. The third-order valence-corrected chi connectivity index (χ3v) is 3.93. The van der Waals surface area contributed by atoms with E-state index in [0.717, 1.165) is 15.5 Å². The van der Waals surface area contributed by atoms with Crippen LogP contribution in [0, 0.1) is 5.82 Å². The van der Waals surface area contributed by atoms with Gasteiger partial charge in [-0.3, -0.25) is 4.57 Å². The van der Waals surface area contributed by atoms with Gasteiger partial charge in [-0.2, -0.15) is 0 Å².